The molecule has 0 amide bonds. The monoisotopic (exact) mass is 323 g/mol. The number of anilines is 2. The van der Waals surface area contributed by atoms with Gasteiger partial charge in [0.25, 0.3) is 0 Å². The number of rotatable bonds is 5. The van der Waals surface area contributed by atoms with Crippen LogP contribution in [0.3, 0.4) is 0 Å². The number of nitrogen functional groups attached to an aromatic ring is 2. The summed E-state index contributed by atoms with van der Waals surface area (Å²) in [5.41, 5.74) is 18.2. The molecule has 0 spiro atoms. The van der Waals surface area contributed by atoms with Crippen LogP contribution in [0, 0.1) is 0 Å². The Morgan fingerprint density at radius 1 is 1.00 bits per heavy atom. The molecule has 1 atom stereocenters. The molecule has 3 aromatic rings. The normalized spacial score (nSPS) is 12.2. The van der Waals surface area contributed by atoms with Crippen LogP contribution in [0.2, 0.25) is 0 Å². The van der Waals surface area contributed by atoms with Gasteiger partial charge in [-0.15, -0.1) is 0 Å². The second-order valence-electron chi connectivity index (χ2n) is 5.67. The van der Waals surface area contributed by atoms with Gasteiger partial charge in [0, 0.05) is 29.5 Å². The quantitative estimate of drug-likeness (QED) is 0.609. The van der Waals surface area contributed by atoms with Crippen molar-refractivity contribution in [3.8, 4) is 11.1 Å². The van der Waals surface area contributed by atoms with Crippen LogP contribution in [0.5, 0.6) is 0 Å². The van der Waals surface area contributed by atoms with Gasteiger partial charge in [-0.2, -0.15) is 11.3 Å². The highest BCUT2D eigenvalue weighted by atomic mass is 32.1. The predicted octanol–water partition coefficient (Wildman–Crippen LogP) is 4.43. The number of nitrogens with one attached hydrogen (secondary N) is 1. The van der Waals surface area contributed by atoms with E-state index >= 15 is 0 Å². The highest BCUT2D eigenvalue weighted by Gasteiger charge is 2.11. The molecule has 5 N–H and O–H groups in total. The molecular weight excluding hydrogens is 302 g/mol. The molecule has 1 heterocycles. The van der Waals surface area contributed by atoms with Gasteiger partial charge in [0.2, 0.25) is 0 Å². The maximum atomic E-state index is 6.13. The molecule has 23 heavy (non-hydrogen) atoms. The molecule has 3 nitrogen and oxygen atoms in total. The van der Waals surface area contributed by atoms with Crippen molar-refractivity contribution in [2.24, 2.45) is 0 Å². The van der Waals surface area contributed by atoms with E-state index in [-0.39, 0.29) is 0 Å². The fourth-order valence-corrected chi connectivity index (χ4v) is 3.48. The van der Waals surface area contributed by atoms with Gasteiger partial charge in [-0.3, -0.25) is 0 Å². The van der Waals surface area contributed by atoms with Crippen LogP contribution < -0.4 is 16.8 Å². The van der Waals surface area contributed by atoms with Gasteiger partial charge in [0.15, 0.2) is 0 Å². The summed E-state index contributed by atoms with van der Waals surface area (Å²) >= 11 is 1.69. The third-order valence-corrected chi connectivity index (χ3v) is 4.80. The number of hydrogen-bond acceptors (Lipinski definition) is 4. The summed E-state index contributed by atoms with van der Waals surface area (Å²) in [5.74, 6) is 0. The van der Waals surface area contributed by atoms with Crippen LogP contribution in [0.15, 0.2) is 59.3 Å². The van der Waals surface area contributed by atoms with Crippen molar-refractivity contribution in [1.29, 1.82) is 0 Å². The second-order valence-corrected chi connectivity index (χ2v) is 6.41. The van der Waals surface area contributed by atoms with Gasteiger partial charge in [0.05, 0.1) is 0 Å². The summed E-state index contributed by atoms with van der Waals surface area (Å²) in [6.45, 7) is 2.97. The zero-order valence-electron chi connectivity index (χ0n) is 13.1. The first-order valence-corrected chi connectivity index (χ1v) is 8.58. The van der Waals surface area contributed by atoms with Gasteiger partial charge >= 0.3 is 0 Å². The molecule has 0 aliphatic carbocycles. The van der Waals surface area contributed by atoms with E-state index in [0.29, 0.717) is 6.04 Å². The van der Waals surface area contributed by atoms with Gasteiger partial charge < -0.3 is 16.8 Å². The minimum absolute atomic E-state index is 0.294. The Morgan fingerprint density at radius 3 is 2.57 bits per heavy atom. The molecule has 3 rings (SSSR count). The highest BCUT2D eigenvalue weighted by molar-refractivity contribution is 7.08. The average Bonchev–Trinajstić information content (AvgIpc) is 3.04. The molecule has 0 fully saturated rings. The molecular formula is C19H21N3S. The fourth-order valence-electron chi connectivity index (χ4n) is 2.63. The van der Waals surface area contributed by atoms with Crippen molar-refractivity contribution in [3.05, 3.63) is 70.4 Å². The van der Waals surface area contributed by atoms with Gasteiger partial charge in [-0.05, 0) is 52.6 Å². The maximum absolute atomic E-state index is 6.13. The van der Waals surface area contributed by atoms with E-state index in [0.717, 1.165) is 29.0 Å². The van der Waals surface area contributed by atoms with Crippen molar-refractivity contribution >= 4 is 22.7 Å². The lowest BCUT2D eigenvalue weighted by Crippen LogP contribution is -2.18. The van der Waals surface area contributed by atoms with Gasteiger partial charge in [0.1, 0.15) is 0 Å². The number of nitrogens with two attached hydrogens (primary N) is 2. The first-order chi connectivity index (χ1) is 11.1. The van der Waals surface area contributed by atoms with Crippen molar-refractivity contribution in [1.82, 2.24) is 5.32 Å². The standard InChI is InChI=1S/C19H21N3S/c1-13(14-5-3-2-4-6-14)22-10-15-11-23-12-18(15)17-9-16(20)7-8-19(17)21/h2-9,11-13,22H,10,20-21H2,1H3. The van der Waals surface area contributed by atoms with Crippen LogP contribution in [-0.4, -0.2) is 0 Å². The van der Waals surface area contributed by atoms with E-state index in [1.807, 2.05) is 24.3 Å². The van der Waals surface area contributed by atoms with Crippen LogP contribution in [0.4, 0.5) is 11.4 Å². The van der Waals surface area contributed by atoms with E-state index in [1.165, 1.54) is 11.1 Å². The third-order valence-electron chi connectivity index (χ3n) is 4.01. The molecule has 2 aromatic carbocycles. The zero-order chi connectivity index (χ0) is 16.2. The summed E-state index contributed by atoms with van der Waals surface area (Å²) in [6, 6.07) is 16.4. The largest absolute Gasteiger partial charge is 0.399 e. The first kappa shape index (κ1) is 15.6. The maximum Gasteiger partial charge on any atom is 0.0395 e. The number of benzene rings is 2. The SMILES string of the molecule is CC(NCc1cscc1-c1cc(N)ccc1N)c1ccccc1. The lowest BCUT2D eigenvalue weighted by Gasteiger charge is -2.15. The van der Waals surface area contributed by atoms with E-state index in [9.17, 15) is 0 Å². The molecule has 4 heteroatoms. The summed E-state index contributed by atoms with van der Waals surface area (Å²) in [7, 11) is 0. The molecule has 0 bridgehead atoms. The molecule has 1 aromatic heterocycles. The Kier molecular flexibility index (Phi) is 4.65. The lowest BCUT2D eigenvalue weighted by atomic mass is 10.0. The van der Waals surface area contributed by atoms with Crippen molar-refractivity contribution in [2.45, 2.75) is 19.5 Å². The van der Waals surface area contributed by atoms with E-state index in [2.05, 4.69) is 47.3 Å². The van der Waals surface area contributed by atoms with Crippen molar-refractivity contribution < 1.29 is 0 Å². The Morgan fingerprint density at radius 2 is 1.78 bits per heavy atom. The fraction of sp³-hybridized carbons (Fsp3) is 0.158. The predicted molar refractivity (Wildman–Crippen MR) is 100 cm³/mol. The minimum Gasteiger partial charge on any atom is -0.399 e. The summed E-state index contributed by atoms with van der Waals surface area (Å²) in [6.07, 6.45) is 0. The Hall–Kier alpha value is -2.30. The summed E-state index contributed by atoms with van der Waals surface area (Å²) < 4.78 is 0. The Balaban J connectivity index is 1.78. The van der Waals surface area contributed by atoms with Crippen molar-refractivity contribution in [3.63, 3.8) is 0 Å². The summed E-state index contributed by atoms with van der Waals surface area (Å²) in [5, 5.41) is 7.88. The van der Waals surface area contributed by atoms with Crippen LogP contribution in [0.25, 0.3) is 11.1 Å². The third kappa shape index (κ3) is 3.55. The smallest absolute Gasteiger partial charge is 0.0395 e. The molecule has 0 saturated carbocycles. The topological polar surface area (TPSA) is 64.1 Å². The minimum atomic E-state index is 0.294. The lowest BCUT2D eigenvalue weighted by molar-refractivity contribution is 0.576. The molecule has 0 aliphatic heterocycles. The second kappa shape index (κ2) is 6.86. The highest BCUT2D eigenvalue weighted by Crippen LogP contribution is 2.33. The van der Waals surface area contributed by atoms with E-state index < -0.39 is 0 Å². The summed E-state index contributed by atoms with van der Waals surface area (Å²) in [4.78, 5) is 0. The van der Waals surface area contributed by atoms with E-state index in [1.54, 1.807) is 11.3 Å². The van der Waals surface area contributed by atoms with Gasteiger partial charge in [-0.25, -0.2) is 0 Å². The van der Waals surface area contributed by atoms with E-state index in [4.69, 9.17) is 11.5 Å². The number of hydrogen-bond donors (Lipinski definition) is 3. The zero-order valence-corrected chi connectivity index (χ0v) is 13.9. The molecule has 0 saturated heterocycles. The molecule has 118 valence electrons. The van der Waals surface area contributed by atoms with Crippen LogP contribution in [-0.2, 0) is 6.54 Å². The van der Waals surface area contributed by atoms with Crippen LogP contribution >= 0.6 is 11.3 Å². The van der Waals surface area contributed by atoms with Crippen LogP contribution in [0.1, 0.15) is 24.1 Å². The first-order valence-electron chi connectivity index (χ1n) is 7.64. The molecule has 1 unspecified atom stereocenters. The average molecular weight is 323 g/mol. The Labute approximate surface area is 141 Å². The number of thiophene rings is 1. The van der Waals surface area contributed by atoms with Gasteiger partial charge in [-0.1, -0.05) is 30.3 Å². The molecule has 0 radical (unpaired) electrons. The Bertz CT molecular complexity index is 780. The molecule has 0 aliphatic rings. The van der Waals surface area contributed by atoms with Crippen molar-refractivity contribution in [2.75, 3.05) is 11.5 Å².